The van der Waals surface area contributed by atoms with Gasteiger partial charge in [-0.2, -0.15) is 0 Å². The van der Waals surface area contributed by atoms with Gasteiger partial charge >= 0.3 is 7.60 Å². The highest BCUT2D eigenvalue weighted by Gasteiger charge is 2.33. The third kappa shape index (κ3) is 2.02. The molecule has 82 valence electrons. The van der Waals surface area contributed by atoms with E-state index in [2.05, 4.69) is 0 Å². The smallest absolute Gasteiger partial charge is 0.408 e. The maximum atomic E-state index is 12.0. The van der Waals surface area contributed by atoms with Crippen LogP contribution in [0.4, 0.5) is 0 Å². The summed E-state index contributed by atoms with van der Waals surface area (Å²) in [6.45, 7) is 0. The van der Waals surface area contributed by atoms with Crippen LogP contribution >= 0.6 is 7.60 Å². The number of fused-ring (bicyclic) bond motifs is 3. The van der Waals surface area contributed by atoms with E-state index in [1.807, 2.05) is 24.3 Å². The van der Waals surface area contributed by atoms with E-state index in [1.165, 1.54) is 0 Å². The lowest BCUT2D eigenvalue weighted by molar-refractivity contribution is 0.392. The van der Waals surface area contributed by atoms with Crippen molar-refractivity contribution >= 4 is 36.0 Å². The first-order valence-corrected chi connectivity index (χ1v) is 6.48. The zero-order valence-electron chi connectivity index (χ0n) is 9.04. The van der Waals surface area contributed by atoms with Crippen LogP contribution < -0.4 is 9.83 Å². The van der Waals surface area contributed by atoms with E-state index in [9.17, 15) is 9.46 Å². The van der Waals surface area contributed by atoms with Crippen molar-refractivity contribution in [1.82, 2.24) is 0 Å². The average Bonchev–Trinajstić information content (AvgIpc) is 2.29. The minimum absolute atomic E-state index is 0. The molecule has 0 fully saturated rings. The van der Waals surface area contributed by atoms with Gasteiger partial charge in [-0.15, -0.1) is 0 Å². The average molecular weight is 256 g/mol. The summed E-state index contributed by atoms with van der Waals surface area (Å²) in [5.74, 6) is 0.465. The zero-order valence-corrected chi connectivity index (χ0v) is 11.3. The fraction of sp³-hybridized carbons (Fsp3) is 0. The molecule has 1 aliphatic heterocycles. The Morgan fingerprint density at radius 2 is 1.53 bits per heavy atom. The lowest BCUT2D eigenvalue weighted by Crippen LogP contribution is -2.16. The molecule has 1 heterocycles. The maximum Gasteiger partial charge on any atom is 0.408 e. The molecule has 1 aliphatic rings. The van der Waals surface area contributed by atoms with Crippen LogP contribution in [0.2, 0.25) is 0 Å². The van der Waals surface area contributed by atoms with Crippen LogP contribution in [-0.4, -0.2) is 27.9 Å². The third-order valence-electron chi connectivity index (χ3n) is 2.61. The summed E-state index contributed by atoms with van der Waals surface area (Å²) in [5.41, 5.74) is 1.63. The van der Waals surface area contributed by atoms with Crippen molar-refractivity contribution < 1.29 is 14.0 Å². The molecular weight excluding hydrogens is 247 g/mol. The second kappa shape index (κ2) is 4.46. The van der Waals surface area contributed by atoms with Gasteiger partial charge in [0.05, 0.1) is 5.30 Å². The number of benzene rings is 2. The summed E-state index contributed by atoms with van der Waals surface area (Å²) in [7, 11) is -3.71. The number of para-hydroxylation sites is 1. The second-order valence-corrected chi connectivity index (χ2v) is 5.33. The summed E-state index contributed by atoms with van der Waals surface area (Å²) in [6, 6.07) is 14.3. The quantitative estimate of drug-likeness (QED) is 0.580. The summed E-state index contributed by atoms with van der Waals surface area (Å²) in [5, 5.41) is 0.369. The Bertz CT molecular complexity index is 612. The molecule has 0 aromatic heterocycles. The van der Waals surface area contributed by atoms with Crippen LogP contribution in [0, 0.1) is 0 Å². The van der Waals surface area contributed by atoms with Gasteiger partial charge in [-0.05, 0) is 12.1 Å². The van der Waals surface area contributed by atoms with Crippen LogP contribution in [0.5, 0.6) is 5.75 Å². The minimum Gasteiger partial charge on any atom is -0.421 e. The maximum absolute atomic E-state index is 12.0. The van der Waals surface area contributed by atoms with Gasteiger partial charge in [0.2, 0.25) is 0 Å². The highest BCUT2D eigenvalue weighted by Crippen LogP contribution is 2.51. The first kappa shape index (κ1) is 12.6. The fourth-order valence-electron chi connectivity index (χ4n) is 1.90. The topological polar surface area (TPSA) is 46.5 Å². The largest absolute Gasteiger partial charge is 0.421 e. The Hall–Kier alpha value is -0.804. The van der Waals surface area contributed by atoms with Crippen molar-refractivity contribution in [2.45, 2.75) is 0 Å². The second-order valence-electron chi connectivity index (χ2n) is 3.63. The third-order valence-corrected chi connectivity index (χ3v) is 4.05. The Kier molecular flexibility index (Phi) is 3.32. The molecule has 2 radical (unpaired) electrons. The van der Waals surface area contributed by atoms with Gasteiger partial charge in [-0.25, -0.2) is 4.57 Å². The van der Waals surface area contributed by atoms with Gasteiger partial charge in [-0.1, -0.05) is 36.4 Å². The molecule has 3 rings (SSSR count). The molecule has 0 saturated heterocycles. The van der Waals surface area contributed by atoms with E-state index >= 15 is 0 Å². The fourth-order valence-corrected chi connectivity index (χ4v) is 3.20. The van der Waals surface area contributed by atoms with Gasteiger partial charge in [0.15, 0.2) is 0 Å². The highest BCUT2D eigenvalue weighted by molar-refractivity contribution is 7.62. The first-order chi connectivity index (χ1) is 7.68. The molecule has 1 N–H and O–H groups in total. The molecule has 1 unspecified atom stereocenters. The number of rotatable bonds is 0. The van der Waals surface area contributed by atoms with Gasteiger partial charge in [-0.3, -0.25) is 0 Å². The van der Waals surface area contributed by atoms with Crippen molar-refractivity contribution in [1.29, 1.82) is 0 Å². The molecule has 5 heteroatoms. The van der Waals surface area contributed by atoms with Crippen molar-refractivity contribution in [2.75, 3.05) is 0 Å². The molecule has 0 amide bonds. The molecule has 0 aliphatic carbocycles. The molecular formula is C12H9MgO3P. The lowest BCUT2D eigenvalue weighted by Gasteiger charge is -2.24. The SMILES string of the molecule is O=P1(O)Oc2ccccc2-c2ccccc21.[Mg]. The van der Waals surface area contributed by atoms with Crippen LogP contribution in [0.1, 0.15) is 0 Å². The van der Waals surface area contributed by atoms with Crippen LogP contribution in [-0.2, 0) is 4.57 Å². The Morgan fingerprint density at radius 1 is 0.941 bits per heavy atom. The van der Waals surface area contributed by atoms with Crippen LogP contribution in [0.15, 0.2) is 48.5 Å². The molecule has 0 bridgehead atoms. The van der Waals surface area contributed by atoms with E-state index in [1.54, 1.807) is 24.3 Å². The highest BCUT2D eigenvalue weighted by atomic mass is 31.2. The molecule has 0 spiro atoms. The summed E-state index contributed by atoms with van der Waals surface area (Å²) >= 11 is 0. The Morgan fingerprint density at radius 3 is 2.29 bits per heavy atom. The first-order valence-electron chi connectivity index (χ1n) is 4.90. The normalized spacial score (nSPS) is 20.5. The van der Waals surface area contributed by atoms with E-state index in [0.29, 0.717) is 11.1 Å². The van der Waals surface area contributed by atoms with E-state index < -0.39 is 7.60 Å². The zero-order chi connectivity index (χ0) is 11.2. The Balaban J connectivity index is 0.00000108. The van der Waals surface area contributed by atoms with E-state index in [0.717, 1.165) is 11.1 Å². The molecule has 2 aromatic rings. The standard InChI is InChI=1S/C12H9O3P.Mg/c13-16(14)12-8-4-2-6-10(12)9-5-1-3-7-11(9)15-16;/h1-8H,(H,13,14);. The summed E-state index contributed by atoms with van der Waals surface area (Å²) in [6.07, 6.45) is 0. The van der Waals surface area contributed by atoms with Gasteiger partial charge < -0.3 is 9.42 Å². The molecule has 17 heavy (non-hydrogen) atoms. The van der Waals surface area contributed by atoms with Crippen LogP contribution in [0.25, 0.3) is 11.1 Å². The van der Waals surface area contributed by atoms with Crippen LogP contribution in [0.3, 0.4) is 0 Å². The predicted octanol–water partition coefficient (Wildman–Crippen LogP) is 2.18. The summed E-state index contributed by atoms with van der Waals surface area (Å²) in [4.78, 5) is 9.81. The van der Waals surface area contributed by atoms with Gasteiger partial charge in [0.1, 0.15) is 5.75 Å². The summed E-state index contributed by atoms with van der Waals surface area (Å²) < 4.78 is 17.1. The van der Waals surface area contributed by atoms with E-state index in [4.69, 9.17) is 4.52 Å². The molecule has 3 nitrogen and oxygen atoms in total. The number of hydrogen-bond acceptors (Lipinski definition) is 2. The van der Waals surface area contributed by atoms with Gasteiger partial charge in [0.25, 0.3) is 0 Å². The van der Waals surface area contributed by atoms with Crippen molar-refractivity contribution in [3.8, 4) is 16.9 Å². The van der Waals surface area contributed by atoms with Gasteiger partial charge in [0, 0.05) is 34.2 Å². The van der Waals surface area contributed by atoms with Crippen molar-refractivity contribution in [2.24, 2.45) is 0 Å². The Labute approximate surface area is 115 Å². The van der Waals surface area contributed by atoms with E-state index in [-0.39, 0.29) is 23.1 Å². The minimum atomic E-state index is -3.71. The predicted molar refractivity (Wildman–Crippen MR) is 67.7 cm³/mol. The van der Waals surface area contributed by atoms with Crippen molar-refractivity contribution in [3.63, 3.8) is 0 Å². The molecule has 1 atom stereocenters. The van der Waals surface area contributed by atoms with Crippen molar-refractivity contribution in [3.05, 3.63) is 48.5 Å². The lowest BCUT2D eigenvalue weighted by atomic mass is 10.0. The monoisotopic (exact) mass is 256 g/mol. The molecule has 2 aromatic carbocycles. The molecule has 0 saturated carbocycles. The number of hydrogen-bond donors (Lipinski definition) is 1.